The second-order valence-electron chi connectivity index (χ2n) is 2.78. The Bertz CT molecular complexity index is 384. The molecule has 0 aliphatic carbocycles. The van der Waals surface area contributed by atoms with Crippen LogP contribution in [0.3, 0.4) is 0 Å². The molecule has 0 aliphatic heterocycles. The molecule has 0 aromatic carbocycles. The van der Waals surface area contributed by atoms with Crippen LogP contribution in [-0.4, -0.2) is 16.1 Å². The van der Waals surface area contributed by atoms with E-state index in [-0.39, 0.29) is 6.42 Å². The van der Waals surface area contributed by atoms with Crippen LogP contribution in [0, 0.1) is 11.3 Å². The summed E-state index contributed by atoms with van der Waals surface area (Å²) in [7, 11) is 0. The molecule has 0 amide bonds. The fourth-order valence-electron chi connectivity index (χ4n) is 1.12. The zero-order valence-corrected chi connectivity index (χ0v) is 7.34. The summed E-state index contributed by atoms with van der Waals surface area (Å²) in [6, 6.07) is 2.81. The molecular formula is C9H9N3O2. The van der Waals surface area contributed by atoms with Gasteiger partial charge in [0.1, 0.15) is 6.07 Å². The van der Waals surface area contributed by atoms with Crippen molar-refractivity contribution in [2.75, 3.05) is 0 Å². The summed E-state index contributed by atoms with van der Waals surface area (Å²) in [5.74, 6) is -0.988. The first-order valence-electron chi connectivity index (χ1n) is 3.96. The van der Waals surface area contributed by atoms with Crippen molar-refractivity contribution in [1.29, 1.82) is 5.26 Å². The third-order valence-electron chi connectivity index (χ3n) is 1.77. The molecule has 1 heterocycles. The minimum absolute atomic E-state index is 0.196. The van der Waals surface area contributed by atoms with Crippen LogP contribution >= 0.6 is 0 Å². The van der Waals surface area contributed by atoms with Gasteiger partial charge in [0.25, 0.3) is 0 Å². The van der Waals surface area contributed by atoms with Crippen LogP contribution in [0.4, 0.5) is 0 Å². The number of carbonyl (C=O) groups is 1. The first-order chi connectivity index (χ1) is 6.65. The number of nitrogens with two attached hydrogens (primary N) is 1. The number of aliphatic carboxylic acids is 1. The van der Waals surface area contributed by atoms with Gasteiger partial charge in [-0.05, 0) is 11.6 Å². The van der Waals surface area contributed by atoms with Gasteiger partial charge in [-0.1, -0.05) is 0 Å². The highest BCUT2D eigenvalue weighted by Gasteiger charge is 2.13. The molecule has 5 nitrogen and oxygen atoms in total. The first kappa shape index (κ1) is 10.2. The molecule has 0 unspecified atom stereocenters. The maximum absolute atomic E-state index is 10.4. The van der Waals surface area contributed by atoms with E-state index in [1.54, 1.807) is 6.07 Å². The molecule has 0 fully saturated rings. The molecule has 0 bridgehead atoms. The SMILES string of the molecule is N#Cc1cnccc1[C@@H](N)CC(=O)O. The zero-order chi connectivity index (χ0) is 10.6. The minimum Gasteiger partial charge on any atom is -0.481 e. The van der Waals surface area contributed by atoms with Gasteiger partial charge in [-0.2, -0.15) is 5.26 Å². The average Bonchev–Trinajstić information content (AvgIpc) is 2.16. The fourth-order valence-corrected chi connectivity index (χ4v) is 1.12. The van der Waals surface area contributed by atoms with Crippen LogP contribution in [0.1, 0.15) is 23.6 Å². The van der Waals surface area contributed by atoms with Crippen LogP contribution in [0.5, 0.6) is 0 Å². The van der Waals surface area contributed by atoms with Crippen molar-refractivity contribution in [2.45, 2.75) is 12.5 Å². The van der Waals surface area contributed by atoms with Gasteiger partial charge in [-0.3, -0.25) is 9.78 Å². The molecule has 72 valence electrons. The molecule has 0 spiro atoms. The number of rotatable bonds is 3. The van der Waals surface area contributed by atoms with Gasteiger partial charge in [0.05, 0.1) is 12.0 Å². The minimum atomic E-state index is -0.988. The summed E-state index contributed by atoms with van der Waals surface area (Å²) < 4.78 is 0. The predicted octanol–water partition coefficient (Wildman–Crippen LogP) is 0.428. The summed E-state index contributed by atoms with van der Waals surface area (Å²) in [5, 5.41) is 17.2. The number of aromatic nitrogens is 1. The van der Waals surface area contributed by atoms with Crippen molar-refractivity contribution in [3.05, 3.63) is 29.6 Å². The van der Waals surface area contributed by atoms with Crippen molar-refractivity contribution < 1.29 is 9.90 Å². The lowest BCUT2D eigenvalue weighted by molar-refractivity contribution is -0.137. The van der Waals surface area contributed by atoms with E-state index in [1.807, 2.05) is 6.07 Å². The molecule has 0 saturated heterocycles. The monoisotopic (exact) mass is 191 g/mol. The van der Waals surface area contributed by atoms with E-state index in [4.69, 9.17) is 16.1 Å². The normalized spacial score (nSPS) is 11.7. The molecule has 0 aliphatic rings. The van der Waals surface area contributed by atoms with Crippen molar-refractivity contribution in [1.82, 2.24) is 4.98 Å². The highest BCUT2D eigenvalue weighted by Crippen LogP contribution is 2.16. The molecule has 3 N–H and O–H groups in total. The molecule has 1 aromatic heterocycles. The van der Waals surface area contributed by atoms with Crippen molar-refractivity contribution in [3.8, 4) is 6.07 Å². The quantitative estimate of drug-likeness (QED) is 0.721. The Balaban J connectivity index is 2.95. The summed E-state index contributed by atoms with van der Waals surface area (Å²) in [5.41, 5.74) is 6.45. The third-order valence-corrected chi connectivity index (χ3v) is 1.77. The van der Waals surface area contributed by atoms with Gasteiger partial charge in [0, 0.05) is 18.4 Å². The summed E-state index contributed by atoms with van der Waals surface area (Å²) >= 11 is 0. The first-order valence-corrected chi connectivity index (χ1v) is 3.96. The van der Waals surface area contributed by atoms with E-state index in [0.717, 1.165) is 0 Å². The maximum Gasteiger partial charge on any atom is 0.305 e. The number of hydrogen-bond donors (Lipinski definition) is 2. The number of hydrogen-bond acceptors (Lipinski definition) is 4. The Morgan fingerprint density at radius 2 is 2.50 bits per heavy atom. The number of nitriles is 1. The second kappa shape index (κ2) is 4.35. The average molecular weight is 191 g/mol. The molecule has 1 aromatic rings. The van der Waals surface area contributed by atoms with E-state index in [9.17, 15) is 4.79 Å². The fraction of sp³-hybridized carbons (Fsp3) is 0.222. The zero-order valence-electron chi connectivity index (χ0n) is 7.34. The van der Waals surface area contributed by atoms with Gasteiger partial charge in [0.15, 0.2) is 0 Å². The molecular weight excluding hydrogens is 182 g/mol. The van der Waals surface area contributed by atoms with E-state index >= 15 is 0 Å². The summed E-state index contributed by atoms with van der Waals surface area (Å²) in [6.45, 7) is 0. The summed E-state index contributed by atoms with van der Waals surface area (Å²) in [4.78, 5) is 14.2. The highest BCUT2D eigenvalue weighted by molar-refractivity contribution is 5.68. The van der Waals surface area contributed by atoms with Crippen LogP contribution < -0.4 is 5.73 Å². The van der Waals surface area contributed by atoms with Gasteiger partial charge in [0.2, 0.25) is 0 Å². The number of nitrogens with zero attached hydrogens (tertiary/aromatic N) is 2. The molecule has 5 heteroatoms. The lowest BCUT2D eigenvalue weighted by atomic mass is 10.0. The maximum atomic E-state index is 10.4. The molecule has 1 rings (SSSR count). The second-order valence-corrected chi connectivity index (χ2v) is 2.78. The van der Waals surface area contributed by atoms with Crippen LogP contribution in [0.25, 0.3) is 0 Å². The van der Waals surface area contributed by atoms with Crippen molar-refractivity contribution in [3.63, 3.8) is 0 Å². The highest BCUT2D eigenvalue weighted by atomic mass is 16.4. The predicted molar refractivity (Wildman–Crippen MR) is 48.1 cm³/mol. The number of carboxylic acids is 1. The Labute approximate surface area is 80.8 Å². The molecule has 1 atom stereocenters. The van der Waals surface area contributed by atoms with Crippen molar-refractivity contribution >= 4 is 5.97 Å². The van der Waals surface area contributed by atoms with E-state index in [0.29, 0.717) is 11.1 Å². The van der Waals surface area contributed by atoms with E-state index < -0.39 is 12.0 Å². The Morgan fingerprint density at radius 3 is 3.07 bits per heavy atom. The van der Waals surface area contributed by atoms with Gasteiger partial charge in [-0.25, -0.2) is 0 Å². The Hall–Kier alpha value is -1.93. The largest absolute Gasteiger partial charge is 0.481 e. The Morgan fingerprint density at radius 1 is 1.79 bits per heavy atom. The van der Waals surface area contributed by atoms with Crippen molar-refractivity contribution in [2.24, 2.45) is 5.73 Å². The number of pyridine rings is 1. The summed E-state index contributed by atoms with van der Waals surface area (Å²) in [6.07, 6.45) is 2.66. The molecule has 0 saturated carbocycles. The van der Waals surface area contributed by atoms with Gasteiger partial charge < -0.3 is 10.8 Å². The topological polar surface area (TPSA) is 100 Å². The van der Waals surface area contributed by atoms with Crippen LogP contribution in [-0.2, 0) is 4.79 Å². The number of carboxylic acid groups (broad SMARTS) is 1. The van der Waals surface area contributed by atoms with Gasteiger partial charge >= 0.3 is 5.97 Å². The van der Waals surface area contributed by atoms with Crippen LogP contribution in [0.15, 0.2) is 18.5 Å². The lowest BCUT2D eigenvalue weighted by Gasteiger charge is -2.09. The molecule has 0 radical (unpaired) electrons. The lowest BCUT2D eigenvalue weighted by Crippen LogP contribution is -2.16. The molecule has 14 heavy (non-hydrogen) atoms. The van der Waals surface area contributed by atoms with E-state index in [1.165, 1.54) is 12.4 Å². The van der Waals surface area contributed by atoms with Gasteiger partial charge in [-0.15, -0.1) is 0 Å². The standard InChI is InChI=1S/C9H9N3O2/c10-4-6-5-12-2-1-7(6)8(11)3-9(13)14/h1-2,5,8H,3,11H2,(H,13,14)/t8-/m0/s1. The smallest absolute Gasteiger partial charge is 0.305 e. The third kappa shape index (κ3) is 2.28. The van der Waals surface area contributed by atoms with E-state index in [2.05, 4.69) is 4.98 Å². The Kier molecular flexibility index (Phi) is 3.15. The van der Waals surface area contributed by atoms with Crippen LogP contribution in [0.2, 0.25) is 0 Å².